The van der Waals surface area contributed by atoms with E-state index >= 15 is 0 Å². The maximum Gasteiger partial charge on any atom is 0.252 e. The zero-order chi connectivity index (χ0) is 11.5. The van der Waals surface area contributed by atoms with E-state index in [2.05, 4.69) is 10.3 Å². The van der Waals surface area contributed by atoms with Gasteiger partial charge in [-0.25, -0.2) is 0 Å². The minimum atomic E-state index is -0.203. The molecule has 1 N–H and O–H groups in total. The summed E-state index contributed by atoms with van der Waals surface area (Å²) in [6.45, 7) is 7.93. The van der Waals surface area contributed by atoms with Crippen LogP contribution in [0.1, 0.15) is 43.6 Å². The number of rotatable bonds is 2. The van der Waals surface area contributed by atoms with Gasteiger partial charge in [-0.2, -0.15) is 0 Å². The minimum Gasteiger partial charge on any atom is -0.347 e. The van der Waals surface area contributed by atoms with Crippen molar-refractivity contribution in [1.82, 2.24) is 10.3 Å². The average molecular weight is 206 g/mol. The Morgan fingerprint density at radius 3 is 2.67 bits per heavy atom. The lowest BCUT2D eigenvalue weighted by molar-refractivity contribution is 0.0918. The number of hydrogen-bond donors (Lipinski definition) is 1. The molecule has 1 aromatic rings. The number of aromatic nitrogens is 1. The van der Waals surface area contributed by atoms with Crippen LogP contribution in [0.3, 0.4) is 0 Å². The lowest BCUT2D eigenvalue weighted by Crippen LogP contribution is -2.40. The van der Waals surface area contributed by atoms with E-state index < -0.39 is 0 Å². The summed E-state index contributed by atoms with van der Waals surface area (Å²) in [5.74, 6) is -0.0262. The third kappa shape index (κ3) is 3.35. The van der Waals surface area contributed by atoms with Crippen LogP contribution in [0, 0.1) is 0 Å². The van der Waals surface area contributed by atoms with Crippen LogP contribution in [0.25, 0.3) is 0 Å². The lowest BCUT2D eigenvalue weighted by atomic mass is 10.0. The first kappa shape index (κ1) is 11.7. The first-order chi connectivity index (χ1) is 6.94. The van der Waals surface area contributed by atoms with Gasteiger partial charge in [-0.3, -0.25) is 9.78 Å². The summed E-state index contributed by atoms with van der Waals surface area (Å²) in [7, 11) is 0. The standard InChI is InChI=1S/C12H18N2O/c1-5-9-8-13-7-6-10(9)11(15)14-12(2,3)4/h6-8H,5H2,1-4H3,(H,14,15). The van der Waals surface area contributed by atoms with Gasteiger partial charge >= 0.3 is 0 Å². The van der Waals surface area contributed by atoms with Crippen molar-refractivity contribution in [2.75, 3.05) is 0 Å². The molecule has 0 aromatic carbocycles. The van der Waals surface area contributed by atoms with Crippen LogP contribution in [0.2, 0.25) is 0 Å². The molecule has 0 radical (unpaired) electrons. The molecule has 3 nitrogen and oxygen atoms in total. The van der Waals surface area contributed by atoms with Gasteiger partial charge in [-0.1, -0.05) is 6.92 Å². The molecule has 0 bridgehead atoms. The average Bonchev–Trinajstić information content (AvgIpc) is 2.15. The maximum atomic E-state index is 11.9. The second-order valence-corrected chi connectivity index (χ2v) is 4.59. The van der Waals surface area contributed by atoms with E-state index in [1.165, 1.54) is 0 Å². The Labute approximate surface area is 90.9 Å². The Kier molecular flexibility index (Phi) is 3.45. The fourth-order valence-electron chi connectivity index (χ4n) is 1.34. The van der Waals surface area contributed by atoms with Gasteiger partial charge < -0.3 is 5.32 Å². The smallest absolute Gasteiger partial charge is 0.252 e. The first-order valence-corrected chi connectivity index (χ1v) is 5.19. The van der Waals surface area contributed by atoms with E-state index in [4.69, 9.17) is 0 Å². The molecule has 15 heavy (non-hydrogen) atoms. The van der Waals surface area contributed by atoms with Crippen molar-refractivity contribution in [3.63, 3.8) is 0 Å². The number of amides is 1. The zero-order valence-corrected chi connectivity index (χ0v) is 9.79. The number of carbonyl (C=O) groups excluding carboxylic acids is 1. The van der Waals surface area contributed by atoms with E-state index in [-0.39, 0.29) is 11.4 Å². The normalized spacial score (nSPS) is 11.2. The number of carbonyl (C=O) groups is 1. The largest absolute Gasteiger partial charge is 0.347 e. The Balaban J connectivity index is 2.91. The number of pyridine rings is 1. The van der Waals surface area contributed by atoms with Crippen molar-refractivity contribution in [3.8, 4) is 0 Å². The van der Waals surface area contributed by atoms with Crippen LogP contribution in [-0.2, 0) is 6.42 Å². The topological polar surface area (TPSA) is 42.0 Å². The second-order valence-electron chi connectivity index (χ2n) is 4.59. The molecular weight excluding hydrogens is 188 g/mol. The number of nitrogens with zero attached hydrogens (tertiary/aromatic N) is 1. The van der Waals surface area contributed by atoms with Gasteiger partial charge in [0.05, 0.1) is 0 Å². The molecular formula is C12H18N2O. The van der Waals surface area contributed by atoms with Gasteiger partial charge in [0.1, 0.15) is 0 Å². The molecule has 0 unspecified atom stereocenters. The van der Waals surface area contributed by atoms with E-state index in [1.54, 1.807) is 18.5 Å². The third-order valence-corrected chi connectivity index (χ3v) is 2.02. The van der Waals surface area contributed by atoms with Gasteiger partial charge in [0.15, 0.2) is 0 Å². The van der Waals surface area contributed by atoms with Gasteiger partial charge in [-0.05, 0) is 38.8 Å². The van der Waals surface area contributed by atoms with Gasteiger partial charge in [0.2, 0.25) is 0 Å². The Morgan fingerprint density at radius 1 is 1.47 bits per heavy atom. The van der Waals surface area contributed by atoms with Crippen LogP contribution in [0.15, 0.2) is 18.5 Å². The number of aryl methyl sites for hydroxylation is 1. The monoisotopic (exact) mass is 206 g/mol. The fourth-order valence-corrected chi connectivity index (χ4v) is 1.34. The fraction of sp³-hybridized carbons (Fsp3) is 0.500. The van der Waals surface area contributed by atoms with E-state index in [9.17, 15) is 4.79 Å². The van der Waals surface area contributed by atoms with Crippen LogP contribution in [-0.4, -0.2) is 16.4 Å². The summed E-state index contributed by atoms with van der Waals surface area (Å²) < 4.78 is 0. The molecule has 0 aliphatic rings. The SMILES string of the molecule is CCc1cnccc1C(=O)NC(C)(C)C. The van der Waals surface area contributed by atoms with E-state index in [0.29, 0.717) is 0 Å². The molecule has 3 heteroatoms. The van der Waals surface area contributed by atoms with E-state index in [0.717, 1.165) is 17.5 Å². The number of nitrogens with one attached hydrogen (secondary N) is 1. The minimum absolute atomic E-state index is 0.0262. The summed E-state index contributed by atoms with van der Waals surface area (Å²) in [5.41, 5.74) is 1.51. The number of hydrogen-bond acceptors (Lipinski definition) is 2. The summed E-state index contributed by atoms with van der Waals surface area (Å²) in [6, 6.07) is 1.76. The van der Waals surface area contributed by atoms with Crippen LogP contribution in [0.5, 0.6) is 0 Å². The van der Waals surface area contributed by atoms with Crippen molar-refractivity contribution in [3.05, 3.63) is 29.6 Å². The summed E-state index contributed by atoms with van der Waals surface area (Å²) in [5, 5.41) is 2.94. The van der Waals surface area contributed by atoms with Gasteiger partial charge in [0, 0.05) is 23.5 Å². The Morgan fingerprint density at radius 2 is 2.13 bits per heavy atom. The molecule has 0 atom stereocenters. The van der Waals surface area contributed by atoms with Gasteiger partial charge in [-0.15, -0.1) is 0 Å². The zero-order valence-electron chi connectivity index (χ0n) is 9.79. The van der Waals surface area contributed by atoms with Crippen LogP contribution in [0.4, 0.5) is 0 Å². The summed E-state index contributed by atoms with van der Waals surface area (Å²) >= 11 is 0. The Hall–Kier alpha value is -1.38. The van der Waals surface area contributed by atoms with Crippen molar-refractivity contribution in [2.24, 2.45) is 0 Å². The molecule has 0 spiro atoms. The summed E-state index contributed by atoms with van der Waals surface area (Å²) in [4.78, 5) is 15.9. The molecule has 0 saturated carbocycles. The van der Waals surface area contributed by atoms with Crippen LogP contribution >= 0.6 is 0 Å². The highest BCUT2D eigenvalue weighted by molar-refractivity contribution is 5.95. The molecule has 0 saturated heterocycles. The van der Waals surface area contributed by atoms with Gasteiger partial charge in [0.25, 0.3) is 5.91 Å². The highest BCUT2D eigenvalue weighted by Gasteiger charge is 2.16. The summed E-state index contributed by atoms with van der Waals surface area (Å²) in [6.07, 6.45) is 4.22. The highest BCUT2D eigenvalue weighted by atomic mass is 16.1. The molecule has 0 fully saturated rings. The maximum absolute atomic E-state index is 11.9. The molecule has 0 aliphatic heterocycles. The molecule has 1 amide bonds. The predicted molar refractivity (Wildman–Crippen MR) is 60.8 cm³/mol. The van der Waals surface area contributed by atoms with Crippen molar-refractivity contribution >= 4 is 5.91 Å². The lowest BCUT2D eigenvalue weighted by Gasteiger charge is -2.21. The second kappa shape index (κ2) is 4.43. The molecule has 82 valence electrons. The predicted octanol–water partition coefficient (Wildman–Crippen LogP) is 2.17. The van der Waals surface area contributed by atoms with E-state index in [1.807, 2.05) is 27.7 Å². The van der Waals surface area contributed by atoms with Crippen LogP contribution < -0.4 is 5.32 Å². The Bertz CT molecular complexity index is 353. The third-order valence-electron chi connectivity index (χ3n) is 2.02. The highest BCUT2D eigenvalue weighted by Crippen LogP contribution is 2.09. The van der Waals surface area contributed by atoms with Crippen molar-refractivity contribution < 1.29 is 4.79 Å². The molecule has 0 aliphatic carbocycles. The first-order valence-electron chi connectivity index (χ1n) is 5.19. The van der Waals surface area contributed by atoms with Crippen molar-refractivity contribution in [1.29, 1.82) is 0 Å². The van der Waals surface area contributed by atoms with Crippen molar-refractivity contribution in [2.45, 2.75) is 39.7 Å². The molecule has 1 heterocycles. The molecule has 1 aromatic heterocycles. The quantitative estimate of drug-likeness (QED) is 0.805. The molecule has 1 rings (SSSR count).